The van der Waals surface area contributed by atoms with Gasteiger partial charge in [0.1, 0.15) is 5.82 Å². The van der Waals surface area contributed by atoms with Gasteiger partial charge in [0.2, 0.25) is 6.41 Å². The second-order valence-electron chi connectivity index (χ2n) is 8.10. The summed E-state index contributed by atoms with van der Waals surface area (Å²) in [4.78, 5) is 14.8. The Balaban J connectivity index is 0.00000115. The maximum atomic E-state index is 13.4. The molecule has 188 valence electrons. The van der Waals surface area contributed by atoms with Crippen molar-refractivity contribution in [2.75, 3.05) is 24.6 Å². The van der Waals surface area contributed by atoms with Crippen LogP contribution in [0.15, 0.2) is 82.9 Å². The van der Waals surface area contributed by atoms with Crippen molar-refractivity contribution < 1.29 is 13.4 Å². The molecule has 1 aliphatic heterocycles. The number of halogens is 1. The Labute approximate surface area is 213 Å². The lowest BCUT2D eigenvalue weighted by molar-refractivity contribution is -0.106. The molecule has 0 aromatic heterocycles. The van der Waals surface area contributed by atoms with E-state index in [-0.39, 0.29) is 12.2 Å². The van der Waals surface area contributed by atoms with Crippen LogP contribution in [0.3, 0.4) is 0 Å². The number of primary amides is 1. The Morgan fingerprint density at radius 1 is 1.03 bits per heavy atom. The van der Waals surface area contributed by atoms with E-state index in [0.717, 1.165) is 42.3 Å². The number of hydrogen-bond acceptors (Lipinski definition) is 5. The highest BCUT2D eigenvalue weighted by Crippen LogP contribution is 2.22. The largest absolute Gasteiger partial charge is 0.372 e. The van der Waals surface area contributed by atoms with Gasteiger partial charge in [0.05, 0.1) is 6.54 Å². The number of hydrazone groups is 1. The average molecular weight is 508 g/mol. The maximum Gasteiger partial charge on any atom is 0.204 e. The predicted molar refractivity (Wildman–Crippen MR) is 145 cm³/mol. The number of aliphatic imine (C=N–C) groups is 1. The van der Waals surface area contributed by atoms with E-state index in [1.54, 1.807) is 12.1 Å². The molecule has 3 aromatic rings. The van der Waals surface area contributed by atoms with E-state index in [4.69, 9.17) is 4.79 Å². The third-order valence-electron chi connectivity index (χ3n) is 5.59. The summed E-state index contributed by atoms with van der Waals surface area (Å²) < 4.78 is 25.0. The minimum atomic E-state index is -0.650. The van der Waals surface area contributed by atoms with E-state index >= 15 is 0 Å². The molecule has 1 amide bonds. The van der Waals surface area contributed by atoms with Crippen molar-refractivity contribution in [1.29, 1.82) is 0 Å². The fraction of sp³-hybridized carbons (Fsp3) is 0.222. The van der Waals surface area contributed by atoms with Gasteiger partial charge in [-0.25, -0.2) is 9.38 Å². The first kappa shape index (κ1) is 26.9. The molecule has 1 heterocycles. The number of rotatable bonds is 7. The van der Waals surface area contributed by atoms with Gasteiger partial charge in [0, 0.05) is 47.5 Å². The molecule has 1 aliphatic rings. The lowest BCUT2D eigenvalue weighted by atomic mass is 10.0. The van der Waals surface area contributed by atoms with E-state index in [2.05, 4.69) is 81.4 Å². The summed E-state index contributed by atoms with van der Waals surface area (Å²) in [5.41, 5.74) is 12.4. The summed E-state index contributed by atoms with van der Waals surface area (Å²) in [5.74, 6) is 1.55. The van der Waals surface area contributed by atoms with Gasteiger partial charge in [-0.2, -0.15) is 5.10 Å². The lowest BCUT2D eigenvalue weighted by Gasteiger charge is -2.26. The zero-order valence-corrected chi connectivity index (χ0v) is 20.8. The van der Waals surface area contributed by atoms with Crippen LogP contribution in [0.2, 0.25) is 0 Å². The fourth-order valence-corrected chi connectivity index (χ4v) is 4.91. The first-order valence-corrected chi connectivity index (χ1v) is 13.0. The van der Waals surface area contributed by atoms with Gasteiger partial charge in [-0.1, -0.05) is 54.6 Å². The van der Waals surface area contributed by atoms with Gasteiger partial charge in [0.15, 0.2) is 5.84 Å². The van der Waals surface area contributed by atoms with E-state index in [1.165, 1.54) is 23.3 Å². The van der Waals surface area contributed by atoms with Crippen LogP contribution >= 0.6 is 0 Å². The van der Waals surface area contributed by atoms with Crippen LogP contribution in [-0.2, 0) is 28.7 Å². The van der Waals surface area contributed by atoms with Gasteiger partial charge < -0.3 is 11.2 Å². The summed E-state index contributed by atoms with van der Waals surface area (Å²) in [7, 11) is -0.650. The molecule has 0 bridgehead atoms. The van der Waals surface area contributed by atoms with Crippen LogP contribution in [0, 0.1) is 5.82 Å². The third kappa shape index (κ3) is 8.21. The third-order valence-corrected chi connectivity index (χ3v) is 6.87. The molecule has 0 aliphatic carbocycles. The quantitative estimate of drug-likeness (QED) is 0.222. The Hall–Kier alpha value is -3.69. The standard InChI is InChI=1S/C26H27FN4OS.CH3NO/c1-28-26(24-6-3-7-25(27)17-24)30-29-18-20-8-10-22(11-9-20)23-5-2-4-21(16-23)19-31-12-14-33(32)15-13-31;2-1-3/h2-11,16-17,29H,1,12-15,18-19H2;1H,(H2,2,3)/b30-26-;. The predicted octanol–water partition coefficient (Wildman–Crippen LogP) is 3.31. The summed E-state index contributed by atoms with van der Waals surface area (Å²) >= 11 is 0. The molecule has 3 aromatic carbocycles. The highest BCUT2D eigenvalue weighted by molar-refractivity contribution is 7.85. The van der Waals surface area contributed by atoms with E-state index in [0.29, 0.717) is 17.9 Å². The molecule has 0 radical (unpaired) electrons. The van der Waals surface area contributed by atoms with E-state index < -0.39 is 10.8 Å². The number of benzene rings is 3. The van der Waals surface area contributed by atoms with Crippen LogP contribution in [0.5, 0.6) is 0 Å². The Morgan fingerprint density at radius 3 is 2.39 bits per heavy atom. The normalized spacial score (nSPS) is 14.4. The van der Waals surface area contributed by atoms with Crippen LogP contribution in [-0.4, -0.2) is 52.7 Å². The van der Waals surface area contributed by atoms with Crippen LogP contribution in [0.4, 0.5) is 4.39 Å². The topological polar surface area (TPSA) is 100 Å². The molecule has 0 saturated carbocycles. The highest BCUT2D eigenvalue weighted by Gasteiger charge is 2.15. The van der Waals surface area contributed by atoms with Gasteiger partial charge in [-0.05, 0) is 47.2 Å². The van der Waals surface area contributed by atoms with Crippen LogP contribution in [0.1, 0.15) is 16.7 Å². The average Bonchev–Trinajstić information content (AvgIpc) is 2.89. The van der Waals surface area contributed by atoms with Crippen molar-refractivity contribution in [3.8, 4) is 11.1 Å². The summed E-state index contributed by atoms with van der Waals surface area (Å²) in [6, 6.07) is 23.0. The molecule has 3 N–H and O–H groups in total. The molecule has 1 fully saturated rings. The molecule has 0 spiro atoms. The van der Waals surface area contributed by atoms with Crippen molar-refractivity contribution in [1.82, 2.24) is 10.3 Å². The van der Waals surface area contributed by atoms with Gasteiger partial charge in [0.25, 0.3) is 0 Å². The maximum absolute atomic E-state index is 13.4. The monoisotopic (exact) mass is 507 g/mol. The molecular weight excluding hydrogens is 477 g/mol. The summed E-state index contributed by atoms with van der Waals surface area (Å²) in [6.45, 7) is 6.71. The molecule has 4 rings (SSSR count). The molecule has 7 nitrogen and oxygen atoms in total. The second kappa shape index (κ2) is 14.0. The van der Waals surface area contributed by atoms with Crippen LogP contribution < -0.4 is 11.2 Å². The molecule has 9 heteroatoms. The van der Waals surface area contributed by atoms with Crippen molar-refractivity contribution in [3.05, 3.63) is 95.3 Å². The number of nitrogens with zero attached hydrogens (tertiary/aromatic N) is 3. The zero-order valence-electron chi connectivity index (χ0n) is 20.0. The molecule has 0 unspecified atom stereocenters. The molecular formula is C27H30FN5O2S. The number of nitrogens with one attached hydrogen (secondary N) is 1. The number of hydrogen-bond donors (Lipinski definition) is 2. The van der Waals surface area contributed by atoms with E-state index in [1.807, 2.05) is 0 Å². The number of carbonyl (C=O) groups is 1. The highest BCUT2D eigenvalue weighted by atomic mass is 32.2. The summed E-state index contributed by atoms with van der Waals surface area (Å²) in [6.07, 6.45) is 0.250. The Morgan fingerprint density at radius 2 is 1.72 bits per heavy atom. The minimum Gasteiger partial charge on any atom is -0.372 e. The number of amides is 1. The van der Waals surface area contributed by atoms with Crippen molar-refractivity contribution >= 4 is 29.8 Å². The fourth-order valence-electron chi connectivity index (χ4n) is 3.78. The number of carbonyl (C=O) groups excluding carboxylic acids is 1. The smallest absolute Gasteiger partial charge is 0.204 e. The lowest BCUT2D eigenvalue weighted by Crippen LogP contribution is -2.37. The number of nitrogens with two attached hydrogens (primary N) is 1. The summed E-state index contributed by atoms with van der Waals surface area (Å²) in [5, 5.41) is 4.25. The molecule has 0 atom stereocenters. The Kier molecular flexibility index (Phi) is 10.5. The van der Waals surface area contributed by atoms with Gasteiger partial charge in [-0.15, -0.1) is 0 Å². The van der Waals surface area contributed by atoms with Crippen molar-refractivity contribution in [3.63, 3.8) is 0 Å². The zero-order chi connectivity index (χ0) is 25.8. The van der Waals surface area contributed by atoms with Crippen molar-refractivity contribution in [2.45, 2.75) is 13.1 Å². The SMILES string of the molecule is C=N/C(=N\NCc1ccc(-c2cccc(CN3CCS(=O)CC3)c2)cc1)c1cccc(F)c1.NC=O. The van der Waals surface area contributed by atoms with Crippen molar-refractivity contribution in [2.24, 2.45) is 15.8 Å². The molecule has 36 heavy (non-hydrogen) atoms. The van der Waals surface area contributed by atoms with Gasteiger partial charge >= 0.3 is 0 Å². The minimum absolute atomic E-state index is 0.250. The Bertz CT molecular complexity index is 1210. The van der Waals surface area contributed by atoms with E-state index in [9.17, 15) is 8.60 Å². The first-order chi connectivity index (χ1) is 17.5. The second-order valence-corrected chi connectivity index (χ2v) is 9.79. The van der Waals surface area contributed by atoms with Crippen LogP contribution in [0.25, 0.3) is 11.1 Å². The molecule has 1 saturated heterocycles. The van der Waals surface area contributed by atoms with Gasteiger partial charge in [-0.3, -0.25) is 13.9 Å². The first-order valence-electron chi connectivity index (χ1n) is 11.5. The number of amidine groups is 1.